The third kappa shape index (κ3) is 2.17. The van der Waals surface area contributed by atoms with Gasteiger partial charge in [0.1, 0.15) is 11.9 Å². The van der Waals surface area contributed by atoms with Gasteiger partial charge in [-0.25, -0.2) is 9.97 Å². The van der Waals surface area contributed by atoms with E-state index in [4.69, 9.17) is 4.74 Å². The third-order valence-corrected chi connectivity index (χ3v) is 2.26. The van der Waals surface area contributed by atoms with Gasteiger partial charge in [-0.1, -0.05) is 12.1 Å². The highest BCUT2D eigenvalue weighted by Crippen LogP contribution is 2.20. The molecule has 0 fully saturated rings. The summed E-state index contributed by atoms with van der Waals surface area (Å²) in [5.41, 5.74) is 0.743. The first-order valence-electron chi connectivity index (χ1n) is 4.90. The molecule has 0 saturated carbocycles. The van der Waals surface area contributed by atoms with Gasteiger partial charge in [0.2, 0.25) is 0 Å². The molecule has 0 radical (unpaired) electrons. The topological polar surface area (TPSA) is 55.2 Å². The molecule has 2 rings (SSSR count). The van der Waals surface area contributed by atoms with Crippen molar-refractivity contribution in [2.24, 2.45) is 0 Å². The molecule has 0 amide bonds. The van der Waals surface area contributed by atoms with Crippen molar-refractivity contribution in [1.82, 2.24) is 9.97 Å². The van der Waals surface area contributed by atoms with Gasteiger partial charge in [-0.05, 0) is 23.8 Å². The summed E-state index contributed by atoms with van der Waals surface area (Å²) in [7, 11) is 1.60. The zero-order valence-electron chi connectivity index (χ0n) is 8.87. The maximum absolute atomic E-state index is 9.99. The predicted octanol–water partition coefficient (Wildman–Crippen LogP) is 1.57. The molecule has 1 aromatic heterocycles. The van der Waals surface area contributed by atoms with Crippen LogP contribution in [0.3, 0.4) is 0 Å². The van der Waals surface area contributed by atoms with Gasteiger partial charge in [-0.2, -0.15) is 0 Å². The largest absolute Gasteiger partial charge is 0.497 e. The van der Waals surface area contributed by atoms with E-state index < -0.39 is 6.10 Å². The highest BCUT2D eigenvalue weighted by Gasteiger charge is 2.12. The Balaban J connectivity index is 2.24. The van der Waals surface area contributed by atoms with Crippen LogP contribution >= 0.6 is 0 Å². The van der Waals surface area contributed by atoms with E-state index in [1.807, 2.05) is 0 Å². The highest BCUT2D eigenvalue weighted by molar-refractivity contribution is 5.30. The van der Waals surface area contributed by atoms with E-state index in [9.17, 15) is 5.11 Å². The van der Waals surface area contributed by atoms with Crippen molar-refractivity contribution in [3.05, 3.63) is 54.1 Å². The number of hydrogen-bond acceptors (Lipinski definition) is 4. The molecule has 1 atom stereocenters. The second kappa shape index (κ2) is 4.72. The second-order valence-corrected chi connectivity index (χ2v) is 3.28. The first-order valence-corrected chi connectivity index (χ1v) is 4.90. The predicted molar refractivity (Wildman–Crippen MR) is 59.1 cm³/mol. The van der Waals surface area contributed by atoms with Crippen molar-refractivity contribution in [3.63, 3.8) is 0 Å². The van der Waals surface area contributed by atoms with E-state index in [1.54, 1.807) is 49.8 Å². The van der Waals surface area contributed by atoms with Crippen LogP contribution in [0.2, 0.25) is 0 Å². The van der Waals surface area contributed by atoms with E-state index in [0.717, 1.165) is 11.3 Å². The minimum atomic E-state index is -0.799. The van der Waals surface area contributed by atoms with Crippen LogP contribution in [0.5, 0.6) is 5.75 Å². The molecule has 4 heteroatoms. The lowest BCUT2D eigenvalue weighted by Gasteiger charge is -2.09. The van der Waals surface area contributed by atoms with Crippen LogP contribution in [0, 0.1) is 0 Å². The van der Waals surface area contributed by atoms with Crippen molar-refractivity contribution in [1.29, 1.82) is 0 Å². The fourth-order valence-corrected chi connectivity index (χ4v) is 1.39. The van der Waals surface area contributed by atoms with E-state index in [1.165, 1.54) is 0 Å². The van der Waals surface area contributed by atoms with E-state index in [0.29, 0.717) is 5.82 Å². The lowest BCUT2D eigenvalue weighted by molar-refractivity contribution is 0.209. The van der Waals surface area contributed by atoms with Crippen LogP contribution in [0.4, 0.5) is 0 Å². The molecule has 0 aliphatic heterocycles. The zero-order chi connectivity index (χ0) is 11.4. The van der Waals surface area contributed by atoms with Crippen LogP contribution in [-0.2, 0) is 0 Å². The second-order valence-electron chi connectivity index (χ2n) is 3.28. The summed E-state index contributed by atoms with van der Waals surface area (Å²) < 4.78 is 5.04. The van der Waals surface area contributed by atoms with Gasteiger partial charge in [0.25, 0.3) is 0 Å². The van der Waals surface area contributed by atoms with Gasteiger partial charge in [-0.15, -0.1) is 0 Å². The lowest BCUT2D eigenvalue weighted by Crippen LogP contribution is -2.04. The minimum absolute atomic E-state index is 0.396. The maximum Gasteiger partial charge on any atom is 0.161 e. The molecule has 0 saturated heterocycles. The molecule has 1 heterocycles. The van der Waals surface area contributed by atoms with Crippen molar-refractivity contribution in [2.45, 2.75) is 6.10 Å². The van der Waals surface area contributed by atoms with Crippen LogP contribution in [0.15, 0.2) is 42.7 Å². The molecule has 0 spiro atoms. The number of aliphatic hydroxyl groups is 1. The number of benzene rings is 1. The van der Waals surface area contributed by atoms with Gasteiger partial charge in [0.05, 0.1) is 7.11 Å². The lowest BCUT2D eigenvalue weighted by atomic mass is 10.1. The Morgan fingerprint density at radius 2 is 1.75 bits per heavy atom. The molecule has 16 heavy (non-hydrogen) atoms. The Kier molecular flexibility index (Phi) is 3.12. The molecule has 1 aromatic carbocycles. The standard InChI is InChI=1S/C12H12N2O2/c1-16-10-5-3-9(4-6-10)11(15)12-13-7-2-8-14-12/h2-8,11,15H,1H3. The molecule has 2 aromatic rings. The smallest absolute Gasteiger partial charge is 0.161 e. The summed E-state index contributed by atoms with van der Waals surface area (Å²) in [4.78, 5) is 8.01. The summed E-state index contributed by atoms with van der Waals surface area (Å²) >= 11 is 0. The quantitative estimate of drug-likeness (QED) is 0.846. The summed E-state index contributed by atoms with van der Waals surface area (Å²) in [6.45, 7) is 0. The van der Waals surface area contributed by atoms with E-state index >= 15 is 0 Å². The van der Waals surface area contributed by atoms with Gasteiger partial charge in [0, 0.05) is 12.4 Å². The van der Waals surface area contributed by atoms with Crippen LogP contribution in [-0.4, -0.2) is 22.2 Å². The van der Waals surface area contributed by atoms with Crippen molar-refractivity contribution >= 4 is 0 Å². The SMILES string of the molecule is COc1ccc(C(O)c2ncccn2)cc1. The van der Waals surface area contributed by atoms with Gasteiger partial charge in [0.15, 0.2) is 5.82 Å². The van der Waals surface area contributed by atoms with Gasteiger partial charge < -0.3 is 9.84 Å². The molecule has 0 aliphatic carbocycles. The molecular weight excluding hydrogens is 204 g/mol. The average molecular weight is 216 g/mol. The average Bonchev–Trinajstić information content (AvgIpc) is 2.39. The maximum atomic E-state index is 9.99. The fraction of sp³-hybridized carbons (Fsp3) is 0.167. The molecule has 1 N–H and O–H groups in total. The molecule has 4 nitrogen and oxygen atoms in total. The Morgan fingerprint density at radius 3 is 2.31 bits per heavy atom. The summed E-state index contributed by atoms with van der Waals surface area (Å²) in [5, 5.41) is 9.99. The molecule has 0 aliphatic rings. The highest BCUT2D eigenvalue weighted by atomic mass is 16.5. The molecule has 82 valence electrons. The van der Waals surface area contributed by atoms with Crippen LogP contribution < -0.4 is 4.74 Å². The van der Waals surface area contributed by atoms with E-state index in [2.05, 4.69) is 9.97 Å². The normalized spacial score (nSPS) is 12.1. The van der Waals surface area contributed by atoms with Gasteiger partial charge in [-0.3, -0.25) is 0 Å². The van der Waals surface area contributed by atoms with Crippen molar-refractivity contribution in [3.8, 4) is 5.75 Å². The Hall–Kier alpha value is -1.94. The number of aromatic nitrogens is 2. The van der Waals surface area contributed by atoms with Gasteiger partial charge >= 0.3 is 0 Å². The number of methoxy groups -OCH3 is 1. The first-order chi connectivity index (χ1) is 7.81. The van der Waals surface area contributed by atoms with Crippen molar-refractivity contribution in [2.75, 3.05) is 7.11 Å². The summed E-state index contributed by atoms with van der Waals surface area (Å²) in [5.74, 6) is 1.15. The molecule has 1 unspecified atom stereocenters. The zero-order valence-corrected chi connectivity index (χ0v) is 8.87. The minimum Gasteiger partial charge on any atom is -0.497 e. The van der Waals surface area contributed by atoms with E-state index in [-0.39, 0.29) is 0 Å². The molecular formula is C12H12N2O2. The number of nitrogens with zero attached hydrogens (tertiary/aromatic N) is 2. The molecule has 0 bridgehead atoms. The van der Waals surface area contributed by atoms with Crippen LogP contribution in [0.1, 0.15) is 17.5 Å². The fourth-order valence-electron chi connectivity index (χ4n) is 1.39. The Bertz CT molecular complexity index is 442. The summed E-state index contributed by atoms with van der Waals surface area (Å²) in [6.07, 6.45) is 2.41. The van der Waals surface area contributed by atoms with Crippen molar-refractivity contribution < 1.29 is 9.84 Å². The first kappa shape index (κ1) is 10.6. The summed E-state index contributed by atoms with van der Waals surface area (Å²) in [6, 6.07) is 8.88. The number of ether oxygens (including phenoxy) is 1. The van der Waals surface area contributed by atoms with Crippen LogP contribution in [0.25, 0.3) is 0 Å². The number of aliphatic hydroxyl groups excluding tert-OH is 1. The Labute approximate surface area is 93.6 Å². The number of hydrogen-bond donors (Lipinski definition) is 1. The Morgan fingerprint density at radius 1 is 1.12 bits per heavy atom. The number of rotatable bonds is 3. The monoisotopic (exact) mass is 216 g/mol. The third-order valence-electron chi connectivity index (χ3n) is 2.26.